The number of benzene rings is 1. The maximum Gasteiger partial charge on any atom is 0.173 e. The van der Waals surface area contributed by atoms with E-state index in [1.807, 2.05) is 51.1 Å². The highest BCUT2D eigenvalue weighted by Crippen LogP contribution is 2.46. The Kier molecular flexibility index (Phi) is 1.84. The number of ketones is 1. The maximum atomic E-state index is 11.8. The zero-order valence-electron chi connectivity index (χ0n) is 8.79. The third-order valence-corrected chi connectivity index (χ3v) is 3.17. The second-order valence-electron chi connectivity index (χ2n) is 4.32. The van der Waals surface area contributed by atoms with Gasteiger partial charge in [0.05, 0.1) is 0 Å². The number of rotatable bonds is 1. The smallest absolute Gasteiger partial charge is 0.173 e. The number of hydrogen-bond donors (Lipinski definition) is 0. The number of carbonyl (C=O) groups is 1. The van der Waals surface area contributed by atoms with Gasteiger partial charge in [0.1, 0.15) is 0 Å². The summed E-state index contributed by atoms with van der Waals surface area (Å²) in [6.45, 7) is 6.01. The quantitative estimate of drug-likeness (QED) is 0.658. The van der Waals surface area contributed by atoms with Gasteiger partial charge in [0.2, 0.25) is 0 Å². The lowest BCUT2D eigenvalue weighted by molar-refractivity contribution is -0.121. The Morgan fingerprint density at radius 2 is 1.64 bits per heavy atom. The molecular weight excluding hydrogens is 172 g/mol. The highest BCUT2D eigenvalue weighted by Gasteiger charge is 2.43. The molecule has 2 rings (SSSR count). The monoisotopic (exact) mass is 186 g/mol. The van der Waals surface area contributed by atoms with Crippen LogP contribution in [0.25, 0.3) is 5.57 Å². The fourth-order valence-corrected chi connectivity index (χ4v) is 1.86. The lowest BCUT2D eigenvalue weighted by atomic mass is 9.64. The van der Waals surface area contributed by atoms with Gasteiger partial charge >= 0.3 is 0 Å². The molecule has 0 atom stereocenters. The molecule has 72 valence electrons. The van der Waals surface area contributed by atoms with E-state index in [1.165, 1.54) is 5.57 Å². The van der Waals surface area contributed by atoms with Gasteiger partial charge in [-0.25, -0.2) is 0 Å². The molecule has 1 aliphatic rings. The van der Waals surface area contributed by atoms with Crippen LogP contribution in [0.5, 0.6) is 0 Å². The summed E-state index contributed by atoms with van der Waals surface area (Å²) >= 11 is 0. The van der Waals surface area contributed by atoms with Crippen LogP contribution in [-0.2, 0) is 4.79 Å². The normalized spacial score (nSPS) is 19.5. The Hall–Kier alpha value is -1.37. The van der Waals surface area contributed by atoms with Crippen LogP contribution < -0.4 is 0 Å². The molecule has 0 spiro atoms. The van der Waals surface area contributed by atoms with Gasteiger partial charge < -0.3 is 0 Å². The van der Waals surface area contributed by atoms with E-state index in [0.29, 0.717) is 0 Å². The summed E-state index contributed by atoms with van der Waals surface area (Å²) in [5, 5.41) is 0. The predicted molar refractivity (Wildman–Crippen MR) is 57.8 cm³/mol. The van der Waals surface area contributed by atoms with Crippen molar-refractivity contribution in [2.24, 2.45) is 5.41 Å². The minimum Gasteiger partial charge on any atom is -0.293 e. The van der Waals surface area contributed by atoms with Crippen LogP contribution in [0.2, 0.25) is 0 Å². The van der Waals surface area contributed by atoms with Crippen molar-refractivity contribution >= 4 is 11.4 Å². The number of allylic oxidation sites excluding steroid dienone is 2. The fourth-order valence-electron chi connectivity index (χ4n) is 1.86. The van der Waals surface area contributed by atoms with Crippen molar-refractivity contribution in [1.82, 2.24) is 0 Å². The maximum absolute atomic E-state index is 11.8. The summed E-state index contributed by atoms with van der Waals surface area (Å²) in [5.41, 5.74) is 2.92. The summed E-state index contributed by atoms with van der Waals surface area (Å²) in [7, 11) is 0. The van der Waals surface area contributed by atoms with Crippen molar-refractivity contribution in [2.75, 3.05) is 0 Å². The Bertz CT molecular complexity index is 410. The van der Waals surface area contributed by atoms with Gasteiger partial charge in [0, 0.05) is 11.0 Å². The van der Waals surface area contributed by atoms with Crippen LogP contribution in [0, 0.1) is 5.41 Å². The van der Waals surface area contributed by atoms with E-state index in [1.54, 1.807) is 0 Å². The summed E-state index contributed by atoms with van der Waals surface area (Å²) in [6.07, 6.45) is 0. The average Bonchev–Trinajstić information content (AvgIpc) is 2.20. The van der Waals surface area contributed by atoms with Crippen molar-refractivity contribution in [3.63, 3.8) is 0 Å². The highest BCUT2D eigenvalue weighted by molar-refractivity contribution is 6.31. The molecule has 0 aliphatic heterocycles. The van der Waals surface area contributed by atoms with Crippen molar-refractivity contribution in [2.45, 2.75) is 20.8 Å². The second-order valence-corrected chi connectivity index (χ2v) is 4.32. The average molecular weight is 186 g/mol. The fraction of sp³-hybridized carbons (Fsp3) is 0.308. The van der Waals surface area contributed by atoms with Gasteiger partial charge in [-0.15, -0.1) is 0 Å². The molecule has 0 bridgehead atoms. The molecule has 0 N–H and O–H groups in total. The minimum atomic E-state index is -0.245. The van der Waals surface area contributed by atoms with Crippen molar-refractivity contribution in [3.8, 4) is 0 Å². The van der Waals surface area contributed by atoms with Crippen LogP contribution in [0.15, 0.2) is 35.9 Å². The molecule has 0 aromatic heterocycles. The third-order valence-electron chi connectivity index (χ3n) is 3.17. The van der Waals surface area contributed by atoms with E-state index in [4.69, 9.17) is 0 Å². The Morgan fingerprint density at radius 3 is 2.14 bits per heavy atom. The van der Waals surface area contributed by atoms with Gasteiger partial charge in [-0.2, -0.15) is 0 Å². The molecule has 0 amide bonds. The molecule has 0 unspecified atom stereocenters. The third kappa shape index (κ3) is 1.05. The summed E-state index contributed by atoms with van der Waals surface area (Å²) < 4.78 is 0. The van der Waals surface area contributed by atoms with Crippen LogP contribution in [-0.4, -0.2) is 5.78 Å². The Labute approximate surface area is 84.5 Å². The van der Waals surface area contributed by atoms with E-state index in [0.717, 1.165) is 11.1 Å². The minimum absolute atomic E-state index is 0.245. The Balaban J connectivity index is 2.50. The molecule has 1 aliphatic carbocycles. The van der Waals surface area contributed by atoms with Gasteiger partial charge in [-0.05, 0) is 31.9 Å². The number of carbonyl (C=O) groups excluding carboxylic acids is 1. The van der Waals surface area contributed by atoms with Crippen LogP contribution in [0.1, 0.15) is 26.3 Å². The van der Waals surface area contributed by atoms with Crippen molar-refractivity contribution < 1.29 is 4.79 Å². The Morgan fingerprint density at radius 1 is 1.07 bits per heavy atom. The molecule has 0 saturated carbocycles. The van der Waals surface area contributed by atoms with Crippen LogP contribution >= 0.6 is 0 Å². The summed E-state index contributed by atoms with van der Waals surface area (Å²) in [5.74, 6) is 0.265. The highest BCUT2D eigenvalue weighted by atomic mass is 16.1. The van der Waals surface area contributed by atoms with E-state index >= 15 is 0 Å². The van der Waals surface area contributed by atoms with E-state index in [2.05, 4.69) is 0 Å². The van der Waals surface area contributed by atoms with Crippen molar-refractivity contribution in [3.05, 3.63) is 41.5 Å². The standard InChI is InChI=1S/C13H14O/c1-9-11(12(14)13(9,2)3)10-7-5-4-6-8-10/h4-8H,1-3H3. The molecule has 1 heteroatoms. The van der Waals surface area contributed by atoms with Gasteiger partial charge in [-0.3, -0.25) is 4.79 Å². The first-order valence-corrected chi connectivity index (χ1v) is 4.86. The molecular formula is C13H14O. The van der Waals surface area contributed by atoms with Gasteiger partial charge in [0.25, 0.3) is 0 Å². The molecule has 1 nitrogen and oxygen atoms in total. The van der Waals surface area contributed by atoms with E-state index in [-0.39, 0.29) is 11.2 Å². The summed E-state index contributed by atoms with van der Waals surface area (Å²) in [6, 6.07) is 9.88. The molecule has 0 radical (unpaired) electrons. The lowest BCUT2D eigenvalue weighted by Crippen LogP contribution is -2.37. The van der Waals surface area contributed by atoms with Crippen LogP contribution in [0.4, 0.5) is 0 Å². The topological polar surface area (TPSA) is 17.1 Å². The predicted octanol–water partition coefficient (Wildman–Crippen LogP) is 3.07. The first-order valence-electron chi connectivity index (χ1n) is 4.86. The van der Waals surface area contributed by atoms with Crippen LogP contribution in [0.3, 0.4) is 0 Å². The van der Waals surface area contributed by atoms with E-state index < -0.39 is 0 Å². The first kappa shape index (κ1) is 9.20. The van der Waals surface area contributed by atoms with Crippen molar-refractivity contribution in [1.29, 1.82) is 0 Å². The second kappa shape index (κ2) is 2.81. The van der Waals surface area contributed by atoms with E-state index in [9.17, 15) is 4.79 Å². The number of hydrogen-bond acceptors (Lipinski definition) is 1. The largest absolute Gasteiger partial charge is 0.293 e. The molecule has 1 aromatic carbocycles. The number of Topliss-reactive ketones (excluding diaryl/α,β-unsaturated/α-hetero) is 1. The molecule has 0 fully saturated rings. The SMILES string of the molecule is CC1=C(c2ccccc2)C(=O)C1(C)C. The lowest BCUT2D eigenvalue weighted by Gasteiger charge is -2.37. The van der Waals surface area contributed by atoms with Gasteiger partial charge in [0.15, 0.2) is 5.78 Å². The molecule has 0 saturated heterocycles. The zero-order valence-corrected chi connectivity index (χ0v) is 8.79. The molecule has 1 aromatic rings. The summed E-state index contributed by atoms with van der Waals surface area (Å²) in [4.78, 5) is 11.8. The zero-order chi connectivity index (χ0) is 10.3. The first-order chi connectivity index (χ1) is 6.55. The molecule has 0 heterocycles. The van der Waals surface area contributed by atoms with Gasteiger partial charge in [-0.1, -0.05) is 30.3 Å². The molecule has 14 heavy (non-hydrogen) atoms.